The molecule has 6 heteroatoms. The summed E-state index contributed by atoms with van der Waals surface area (Å²) in [5.41, 5.74) is 2.95. The van der Waals surface area contributed by atoms with Gasteiger partial charge in [-0.2, -0.15) is 0 Å². The Labute approximate surface area is 159 Å². The number of aromatic nitrogens is 3. The predicted molar refractivity (Wildman–Crippen MR) is 105 cm³/mol. The smallest absolute Gasteiger partial charge is 0.254 e. The second-order valence-electron chi connectivity index (χ2n) is 6.92. The molecular weight excluding hydrogens is 338 g/mol. The number of nitrogens with zero attached hydrogens (tertiary/aromatic N) is 5. The van der Waals surface area contributed by atoms with E-state index < -0.39 is 0 Å². The van der Waals surface area contributed by atoms with Crippen molar-refractivity contribution < 1.29 is 4.79 Å². The Balaban J connectivity index is 1.45. The predicted octanol–water partition coefficient (Wildman–Crippen LogP) is 2.85. The Hall–Kier alpha value is -3.15. The Kier molecular flexibility index (Phi) is 4.62. The van der Waals surface area contributed by atoms with E-state index in [4.69, 9.17) is 0 Å². The van der Waals surface area contributed by atoms with Crippen LogP contribution in [0.1, 0.15) is 21.5 Å². The zero-order valence-electron chi connectivity index (χ0n) is 15.7. The summed E-state index contributed by atoms with van der Waals surface area (Å²) < 4.78 is 1.96. The number of benzene rings is 1. The van der Waals surface area contributed by atoms with Crippen molar-refractivity contribution in [1.82, 2.24) is 19.4 Å². The molecule has 1 aromatic carbocycles. The Morgan fingerprint density at radius 2 is 1.63 bits per heavy atom. The molecule has 3 heterocycles. The van der Waals surface area contributed by atoms with Crippen LogP contribution in [0.3, 0.4) is 0 Å². The van der Waals surface area contributed by atoms with Gasteiger partial charge in [-0.25, -0.2) is 9.97 Å². The third-order valence-corrected chi connectivity index (χ3v) is 5.02. The van der Waals surface area contributed by atoms with Crippen molar-refractivity contribution in [3.8, 4) is 5.82 Å². The zero-order valence-corrected chi connectivity index (χ0v) is 15.7. The van der Waals surface area contributed by atoms with Gasteiger partial charge in [0, 0.05) is 50.2 Å². The molecule has 0 spiro atoms. The van der Waals surface area contributed by atoms with Crippen molar-refractivity contribution >= 4 is 11.7 Å². The molecular formula is C21H23N5O. The highest BCUT2D eigenvalue weighted by atomic mass is 16.2. The van der Waals surface area contributed by atoms with Gasteiger partial charge in [-0.15, -0.1) is 0 Å². The topological polar surface area (TPSA) is 54.3 Å². The van der Waals surface area contributed by atoms with Crippen LogP contribution in [0.2, 0.25) is 0 Å². The minimum atomic E-state index is 0.117. The molecule has 4 rings (SSSR count). The summed E-state index contributed by atoms with van der Waals surface area (Å²) in [4.78, 5) is 25.8. The lowest BCUT2D eigenvalue weighted by Gasteiger charge is -2.35. The lowest BCUT2D eigenvalue weighted by Crippen LogP contribution is -2.49. The van der Waals surface area contributed by atoms with Crippen molar-refractivity contribution in [3.05, 3.63) is 71.8 Å². The van der Waals surface area contributed by atoms with Gasteiger partial charge in [0.1, 0.15) is 18.0 Å². The summed E-state index contributed by atoms with van der Waals surface area (Å²) in [7, 11) is 0. The van der Waals surface area contributed by atoms with E-state index in [0.717, 1.165) is 41.4 Å². The van der Waals surface area contributed by atoms with Gasteiger partial charge in [0.2, 0.25) is 0 Å². The minimum Gasteiger partial charge on any atom is -0.353 e. The number of amides is 1. The van der Waals surface area contributed by atoms with Gasteiger partial charge in [-0.1, -0.05) is 17.7 Å². The third kappa shape index (κ3) is 3.56. The molecule has 138 valence electrons. The fraction of sp³-hybridized carbons (Fsp3) is 0.286. The van der Waals surface area contributed by atoms with Gasteiger partial charge in [0.05, 0.1) is 0 Å². The maximum Gasteiger partial charge on any atom is 0.254 e. The molecule has 6 nitrogen and oxygen atoms in total. The highest BCUT2D eigenvalue weighted by Gasteiger charge is 2.24. The number of rotatable bonds is 3. The highest BCUT2D eigenvalue weighted by molar-refractivity contribution is 5.96. The minimum absolute atomic E-state index is 0.117. The second kappa shape index (κ2) is 7.23. The molecule has 0 N–H and O–H groups in total. The lowest BCUT2D eigenvalue weighted by atomic mass is 10.0. The molecule has 0 radical (unpaired) electrons. The number of carbonyl (C=O) groups excluding carboxylic acids is 1. The van der Waals surface area contributed by atoms with Crippen molar-refractivity contribution in [2.75, 3.05) is 31.1 Å². The van der Waals surface area contributed by atoms with E-state index in [-0.39, 0.29) is 5.91 Å². The van der Waals surface area contributed by atoms with Crippen LogP contribution in [0.25, 0.3) is 5.82 Å². The fourth-order valence-corrected chi connectivity index (χ4v) is 3.41. The molecule has 0 aliphatic carbocycles. The summed E-state index contributed by atoms with van der Waals surface area (Å²) in [5.74, 6) is 1.86. The van der Waals surface area contributed by atoms with Crippen LogP contribution in [0.5, 0.6) is 0 Å². The quantitative estimate of drug-likeness (QED) is 0.720. The van der Waals surface area contributed by atoms with E-state index in [2.05, 4.69) is 14.9 Å². The van der Waals surface area contributed by atoms with Crippen LogP contribution in [0, 0.1) is 13.8 Å². The van der Waals surface area contributed by atoms with Crippen LogP contribution in [0.4, 0.5) is 5.82 Å². The first-order chi connectivity index (χ1) is 13.1. The maximum atomic E-state index is 12.9. The number of piperazine rings is 1. The maximum absolute atomic E-state index is 12.9. The van der Waals surface area contributed by atoms with Gasteiger partial charge in [0.15, 0.2) is 0 Å². The normalized spacial score (nSPS) is 14.4. The van der Waals surface area contributed by atoms with Gasteiger partial charge >= 0.3 is 0 Å². The van der Waals surface area contributed by atoms with Crippen LogP contribution in [-0.4, -0.2) is 51.5 Å². The van der Waals surface area contributed by atoms with E-state index in [9.17, 15) is 4.79 Å². The SMILES string of the molecule is Cc1ccc(C)c(C(=O)N2CCN(c3cc(-n4cccc4)ncn3)CC2)c1. The molecule has 0 saturated carbocycles. The molecule has 0 atom stereocenters. The van der Waals surface area contributed by atoms with Crippen LogP contribution in [0.15, 0.2) is 55.1 Å². The molecule has 0 unspecified atom stereocenters. The molecule has 1 saturated heterocycles. The number of anilines is 1. The summed E-state index contributed by atoms with van der Waals surface area (Å²) in [5, 5.41) is 0. The number of hydrogen-bond donors (Lipinski definition) is 0. The first-order valence-corrected chi connectivity index (χ1v) is 9.19. The molecule has 2 aromatic heterocycles. The Bertz CT molecular complexity index is 943. The van der Waals surface area contributed by atoms with E-state index in [1.54, 1.807) is 6.33 Å². The largest absolute Gasteiger partial charge is 0.353 e. The van der Waals surface area contributed by atoms with Gasteiger partial charge in [-0.3, -0.25) is 4.79 Å². The summed E-state index contributed by atoms with van der Waals surface area (Å²) in [6.07, 6.45) is 5.53. The van der Waals surface area contributed by atoms with Crippen LogP contribution >= 0.6 is 0 Å². The van der Waals surface area contributed by atoms with E-state index in [1.807, 2.05) is 72.1 Å². The van der Waals surface area contributed by atoms with E-state index in [1.165, 1.54) is 0 Å². The van der Waals surface area contributed by atoms with Gasteiger partial charge < -0.3 is 14.4 Å². The molecule has 0 bridgehead atoms. The number of aryl methyl sites for hydroxylation is 2. The van der Waals surface area contributed by atoms with E-state index >= 15 is 0 Å². The first-order valence-electron chi connectivity index (χ1n) is 9.19. The van der Waals surface area contributed by atoms with Gasteiger partial charge in [0.25, 0.3) is 5.91 Å². The monoisotopic (exact) mass is 361 g/mol. The summed E-state index contributed by atoms with van der Waals surface area (Å²) in [6, 6.07) is 12.0. The zero-order chi connectivity index (χ0) is 18.8. The van der Waals surface area contributed by atoms with Crippen LogP contribution < -0.4 is 4.90 Å². The molecule has 1 amide bonds. The standard InChI is InChI=1S/C21H23N5O/c1-16-5-6-17(2)18(13-16)21(27)26-11-9-25(10-12-26)20-14-19(22-15-23-20)24-7-3-4-8-24/h3-8,13-15H,9-12H2,1-2H3. The third-order valence-electron chi connectivity index (χ3n) is 5.02. The highest BCUT2D eigenvalue weighted by Crippen LogP contribution is 2.19. The van der Waals surface area contributed by atoms with Gasteiger partial charge in [-0.05, 0) is 37.6 Å². The lowest BCUT2D eigenvalue weighted by molar-refractivity contribution is 0.0745. The van der Waals surface area contributed by atoms with Crippen molar-refractivity contribution in [1.29, 1.82) is 0 Å². The molecule has 3 aromatic rings. The van der Waals surface area contributed by atoms with Crippen molar-refractivity contribution in [2.45, 2.75) is 13.8 Å². The fourth-order valence-electron chi connectivity index (χ4n) is 3.41. The molecule has 1 aliphatic rings. The number of hydrogen-bond acceptors (Lipinski definition) is 4. The first kappa shape index (κ1) is 17.3. The summed E-state index contributed by atoms with van der Waals surface area (Å²) in [6.45, 7) is 6.92. The average Bonchev–Trinajstić information content (AvgIpc) is 3.24. The molecule has 27 heavy (non-hydrogen) atoms. The number of carbonyl (C=O) groups is 1. The summed E-state index contributed by atoms with van der Waals surface area (Å²) >= 11 is 0. The van der Waals surface area contributed by atoms with Crippen molar-refractivity contribution in [2.24, 2.45) is 0 Å². The van der Waals surface area contributed by atoms with Crippen molar-refractivity contribution in [3.63, 3.8) is 0 Å². The van der Waals surface area contributed by atoms with Crippen LogP contribution in [-0.2, 0) is 0 Å². The molecule has 1 fully saturated rings. The Morgan fingerprint density at radius 1 is 0.926 bits per heavy atom. The second-order valence-corrected chi connectivity index (χ2v) is 6.92. The van der Waals surface area contributed by atoms with E-state index in [0.29, 0.717) is 13.1 Å². The average molecular weight is 361 g/mol. The molecule has 1 aliphatic heterocycles. The Morgan fingerprint density at radius 3 is 2.37 bits per heavy atom.